The predicted molar refractivity (Wildman–Crippen MR) is 113 cm³/mol. The van der Waals surface area contributed by atoms with Crippen molar-refractivity contribution in [2.75, 3.05) is 0 Å². The first kappa shape index (κ1) is 19.7. The van der Waals surface area contributed by atoms with Crippen LogP contribution in [0.15, 0.2) is 46.2 Å². The SMILES string of the molecule is Cn1cccc1-c1n[nH]c(=O)n1CCCCCCn1c(-c2cccn2C)n[nH]c1=O. The molecule has 0 aliphatic carbocycles. The van der Waals surface area contributed by atoms with Crippen LogP contribution in [-0.2, 0) is 27.2 Å². The van der Waals surface area contributed by atoms with E-state index in [0.717, 1.165) is 37.1 Å². The van der Waals surface area contributed by atoms with Crippen LogP contribution in [0.5, 0.6) is 0 Å². The van der Waals surface area contributed by atoms with Crippen molar-refractivity contribution in [1.29, 1.82) is 0 Å². The molecule has 4 aromatic heterocycles. The molecule has 0 unspecified atom stereocenters. The predicted octanol–water partition coefficient (Wildman–Crippen LogP) is 1.73. The molecular formula is C20H26N8O2. The van der Waals surface area contributed by atoms with Gasteiger partial charge >= 0.3 is 11.4 Å². The van der Waals surface area contributed by atoms with Crippen molar-refractivity contribution < 1.29 is 0 Å². The third-order valence-electron chi connectivity index (χ3n) is 5.38. The minimum absolute atomic E-state index is 0.191. The third kappa shape index (κ3) is 3.80. The number of aryl methyl sites for hydroxylation is 2. The smallest absolute Gasteiger partial charge is 0.343 e. The summed E-state index contributed by atoms with van der Waals surface area (Å²) in [5, 5.41) is 13.4. The van der Waals surface area contributed by atoms with Gasteiger partial charge in [0.15, 0.2) is 11.6 Å². The number of aromatic amines is 2. The molecule has 30 heavy (non-hydrogen) atoms. The Morgan fingerprint density at radius 3 is 1.53 bits per heavy atom. The first-order valence-corrected chi connectivity index (χ1v) is 10.1. The van der Waals surface area contributed by atoms with Gasteiger partial charge < -0.3 is 9.13 Å². The molecule has 2 N–H and O–H groups in total. The first-order chi connectivity index (χ1) is 14.6. The summed E-state index contributed by atoms with van der Waals surface area (Å²) >= 11 is 0. The number of nitrogens with one attached hydrogen (secondary N) is 2. The lowest BCUT2D eigenvalue weighted by molar-refractivity contribution is 0.531. The lowest BCUT2D eigenvalue weighted by Gasteiger charge is -2.08. The van der Waals surface area contributed by atoms with Crippen LogP contribution in [0.1, 0.15) is 25.7 Å². The zero-order chi connectivity index (χ0) is 21.1. The summed E-state index contributed by atoms with van der Waals surface area (Å²) in [4.78, 5) is 24.2. The molecular weight excluding hydrogens is 384 g/mol. The van der Waals surface area contributed by atoms with E-state index in [0.29, 0.717) is 24.7 Å². The first-order valence-electron chi connectivity index (χ1n) is 10.1. The van der Waals surface area contributed by atoms with Gasteiger partial charge in [-0.25, -0.2) is 19.8 Å². The van der Waals surface area contributed by atoms with Crippen LogP contribution < -0.4 is 11.4 Å². The van der Waals surface area contributed by atoms with Crippen LogP contribution in [0.25, 0.3) is 23.0 Å². The monoisotopic (exact) mass is 410 g/mol. The second-order valence-corrected chi connectivity index (χ2v) is 7.43. The highest BCUT2D eigenvalue weighted by Crippen LogP contribution is 2.17. The van der Waals surface area contributed by atoms with Gasteiger partial charge in [-0.3, -0.25) is 9.13 Å². The zero-order valence-corrected chi connectivity index (χ0v) is 17.2. The van der Waals surface area contributed by atoms with E-state index in [-0.39, 0.29) is 11.4 Å². The topological polar surface area (TPSA) is 111 Å². The van der Waals surface area contributed by atoms with E-state index in [9.17, 15) is 9.59 Å². The fourth-order valence-electron chi connectivity index (χ4n) is 3.72. The Morgan fingerprint density at radius 1 is 0.733 bits per heavy atom. The quantitative estimate of drug-likeness (QED) is 0.409. The number of nitrogens with zero attached hydrogens (tertiary/aromatic N) is 6. The zero-order valence-electron chi connectivity index (χ0n) is 17.2. The highest BCUT2D eigenvalue weighted by atomic mass is 16.2. The van der Waals surface area contributed by atoms with Crippen molar-refractivity contribution in [2.45, 2.75) is 38.8 Å². The molecule has 4 rings (SSSR count). The Hall–Kier alpha value is -3.56. The molecule has 0 saturated carbocycles. The van der Waals surface area contributed by atoms with E-state index < -0.39 is 0 Å². The summed E-state index contributed by atoms with van der Waals surface area (Å²) < 4.78 is 7.25. The van der Waals surface area contributed by atoms with Crippen molar-refractivity contribution in [1.82, 2.24) is 38.7 Å². The van der Waals surface area contributed by atoms with Crippen LogP contribution in [0.4, 0.5) is 0 Å². The largest absolute Gasteiger partial charge is 0.348 e. The molecule has 158 valence electrons. The molecule has 0 bridgehead atoms. The second-order valence-electron chi connectivity index (χ2n) is 7.43. The van der Waals surface area contributed by atoms with Gasteiger partial charge in [-0.05, 0) is 37.1 Å². The number of rotatable bonds is 9. The van der Waals surface area contributed by atoms with Crippen LogP contribution in [-0.4, -0.2) is 38.7 Å². The van der Waals surface area contributed by atoms with E-state index >= 15 is 0 Å². The van der Waals surface area contributed by atoms with Gasteiger partial charge in [0, 0.05) is 39.6 Å². The number of hydrogen-bond acceptors (Lipinski definition) is 4. The number of aromatic nitrogens is 8. The van der Waals surface area contributed by atoms with Crippen LogP contribution in [0.3, 0.4) is 0 Å². The lowest BCUT2D eigenvalue weighted by Crippen LogP contribution is -2.19. The fraction of sp³-hybridized carbons (Fsp3) is 0.400. The molecule has 0 radical (unpaired) electrons. The molecule has 0 aliphatic rings. The third-order valence-corrected chi connectivity index (χ3v) is 5.38. The average Bonchev–Trinajstić information content (AvgIpc) is 3.49. The molecule has 10 nitrogen and oxygen atoms in total. The van der Waals surface area contributed by atoms with E-state index in [1.54, 1.807) is 9.13 Å². The van der Waals surface area contributed by atoms with E-state index in [4.69, 9.17) is 0 Å². The van der Waals surface area contributed by atoms with Crippen molar-refractivity contribution in [3.63, 3.8) is 0 Å². The Bertz CT molecular complexity index is 1140. The average molecular weight is 410 g/mol. The van der Waals surface area contributed by atoms with E-state index in [1.807, 2.05) is 59.9 Å². The maximum Gasteiger partial charge on any atom is 0.343 e. The minimum Gasteiger partial charge on any atom is -0.348 e. The van der Waals surface area contributed by atoms with Crippen LogP contribution in [0.2, 0.25) is 0 Å². The van der Waals surface area contributed by atoms with Gasteiger partial charge in [-0.15, -0.1) is 0 Å². The fourth-order valence-corrected chi connectivity index (χ4v) is 3.72. The summed E-state index contributed by atoms with van der Waals surface area (Å²) in [6.07, 6.45) is 7.50. The molecule has 0 aromatic carbocycles. The molecule has 0 fully saturated rings. The van der Waals surface area contributed by atoms with Gasteiger partial charge in [0.2, 0.25) is 0 Å². The van der Waals surface area contributed by atoms with Crippen molar-refractivity contribution in [2.24, 2.45) is 14.1 Å². The Kier molecular flexibility index (Phi) is 5.55. The van der Waals surface area contributed by atoms with Crippen LogP contribution in [0, 0.1) is 0 Å². The van der Waals surface area contributed by atoms with E-state index in [1.165, 1.54) is 0 Å². The number of hydrogen-bond donors (Lipinski definition) is 2. The Labute approximate surface area is 172 Å². The van der Waals surface area contributed by atoms with Crippen molar-refractivity contribution >= 4 is 0 Å². The summed E-state index contributed by atoms with van der Waals surface area (Å²) in [5.41, 5.74) is 1.42. The Balaban J connectivity index is 1.31. The normalized spacial score (nSPS) is 11.4. The van der Waals surface area contributed by atoms with Gasteiger partial charge in [0.1, 0.15) is 0 Å². The number of H-pyrrole nitrogens is 2. The molecule has 0 atom stereocenters. The Morgan fingerprint density at radius 2 is 1.17 bits per heavy atom. The molecule has 4 heterocycles. The van der Waals surface area contributed by atoms with Crippen LogP contribution >= 0.6 is 0 Å². The molecule has 0 spiro atoms. The standard InChI is InChI=1S/C20H26N8O2/c1-25-11-7-9-15(25)17-21-23-19(29)27(17)13-5-3-4-6-14-28-18(22-24-20(28)30)16-10-8-12-26(16)2/h7-12H,3-6,13-14H2,1-2H3,(H,23,29)(H,24,30). The van der Waals surface area contributed by atoms with Gasteiger partial charge in [-0.1, -0.05) is 12.8 Å². The van der Waals surface area contributed by atoms with Gasteiger partial charge in [-0.2, -0.15) is 10.2 Å². The van der Waals surface area contributed by atoms with Gasteiger partial charge in [0.25, 0.3) is 0 Å². The lowest BCUT2D eigenvalue weighted by atomic mass is 10.2. The highest BCUT2D eigenvalue weighted by Gasteiger charge is 2.14. The second kappa shape index (κ2) is 8.44. The maximum atomic E-state index is 12.1. The summed E-state index contributed by atoms with van der Waals surface area (Å²) in [6, 6.07) is 7.75. The summed E-state index contributed by atoms with van der Waals surface area (Å²) in [7, 11) is 3.86. The summed E-state index contributed by atoms with van der Waals surface area (Å²) in [6.45, 7) is 1.21. The van der Waals surface area contributed by atoms with Crippen molar-refractivity contribution in [3.8, 4) is 23.0 Å². The minimum atomic E-state index is -0.191. The van der Waals surface area contributed by atoms with Gasteiger partial charge in [0.05, 0.1) is 11.4 Å². The molecule has 0 aliphatic heterocycles. The number of unbranched alkanes of at least 4 members (excludes halogenated alkanes) is 3. The molecule has 10 heteroatoms. The molecule has 0 saturated heterocycles. The van der Waals surface area contributed by atoms with Crippen molar-refractivity contribution in [3.05, 3.63) is 57.6 Å². The van der Waals surface area contributed by atoms with E-state index in [2.05, 4.69) is 20.4 Å². The maximum absolute atomic E-state index is 12.1. The molecule has 0 amide bonds. The molecule has 4 aromatic rings. The highest BCUT2D eigenvalue weighted by molar-refractivity contribution is 5.50. The summed E-state index contributed by atoms with van der Waals surface area (Å²) in [5.74, 6) is 1.31.